The first kappa shape index (κ1) is 21.2. The molecule has 0 atom stereocenters. The van der Waals surface area contributed by atoms with E-state index in [4.69, 9.17) is 0 Å². The summed E-state index contributed by atoms with van der Waals surface area (Å²) in [5.41, 5.74) is 2.24. The van der Waals surface area contributed by atoms with Crippen molar-refractivity contribution in [3.8, 4) is 0 Å². The van der Waals surface area contributed by atoms with E-state index in [0.29, 0.717) is 19.5 Å². The van der Waals surface area contributed by atoms with Gasteiger partial charge in [-0.15, -0.1) is 0 Å². The second-order valence-corrected chi connectivity index (χ2v) is 10.4. The standard InChI is InChI=1S/C28H34N2O2/c31-26(30-19-25(23-7-3-1-4-8-23)24-9-5-2-6-10-24)11-12-29-27(32)28-16-20-13-21(17-28)15-22(14-20)18-28/h1-10,20-22,25H,11-19H2,(H,29,32)(H,30,31). The van der Waals surface area contributed by atoms with E-state index in [1.165, 1.54) is 30.4 Å². The lowest BCUT2D eigenvalue weighted by atomic mass is 9.49. The summed E-state index contributed by atoms with van der Waals surface area (Å²) in [5, 5.41) is 6.22. The number of carbonyl (C=O) groups is 2. The van der Waals surface area contributed by atoms with Crippen LogP contribution in [0.1, 0.15) is 62.0 Å². The molecule has 2 aromatic rings. The fourth-order valence-electron chi connectivity index (χ4n) is 6.97. The van der Waals surface area contributed by atoms with Gasteiger partial charge in [-0.1, -0.05) is 60.7 Å². The van der Waals surface area contributed by atoms with Gasteiger partial charge in [0.25, 0.3) is 0 Å². The summed E-state index contributed by atoms with van der Waals surface area (Å²) < 4.78 is 0. The monoisotopic (exact) mass is 430 g/mol. The van der Waals surface area contributed by atoms with Gasteiger partial charge in [-0.2, -0.15) is 0 Å². The molecule has 4 aliphatic carbocycles. The van der Waals surface area contributed by atoms with Crippen molar-refractivity contribution >= 4 is 11.8 Å². The van der Waals surface area contributed by atoms with Crippen LogP contribution in [0.3, 0.4) is 0 Å². The molecule has 0 unspecified atom stereocenters. The van der Waals surface area contributed by atoms with Crippen molar-refractivity contribution in [1.29, 1.82) is 0 Å². The summed E-state index contributed by atoms with van der Waals surface area (Å²) in [6.07, 6.45) is 7.51. The minimum Gasteiger partial charge on any atom is -0.355 e. The van der Waals surface area contributed by atoms with Crippen LogP contribution in [-0.4, -0.2) is 24.9 Å². The van der Waals surface area contributed by atoms with E-state index in [2.05, 4.69) is 34.9 Å². The fourth-order valence-corrected chi connectivity index (χ4v) is 6.97. The number of benzene rings is 2. The van der Waals surface area contributed by atoms with Gasteiger partial charge >= 0.3 is 0 Å². The molecule has 2 amide bonds. The molecule has 0 radical (unpaired) electrons. The maximum Gasteiger partial charge on any atom is 0.226 e. The predicted octanol–water partition coefficient (Wildman–Crippen LogP) is 4.66. The van der Waals surface area contributed by atoms with E-state index in [0.717, 1.165) is 37.0 Å². The minimum absolute atomic E-state index is 0.00678. The maximum atomic E-state index is 13.1. The average Bonchev–Trinajstić information content (AvgIpc) is 2.80. The molecule has 168 valence electrons. The highest BCUT2D eigenvalue weighted by atomic mass is 16.2. The third kappa shape index (κ3) is 4.46. The zero-order valence-electron chi connectivity index (χ0n) is 18.8. The number of carbonyl (C=O) groups excluding carboxylic acids is 2. The highest BCUT2D eigenvalue weighted by Gasteiger charge is 2.54. The first-order valence-electron chi connectivity index (χ1n) is 12.3. The Balaban J connectivity index is 1.13. The summed E-state index contributed by atoms with van der Waals surface area (Å²) in [6, 6.07) is 20.6. The van der Waals surface area contributed by atoms with E-state index >= 15 is 0 Å². The van der Waals surface area contributed by atoms with Crippen LogP contribution in [0.2, 0.25) is 0 Å². The second kappa shape index (κ2) is 9.09. The van der Waals surface area contributed by atoms with Gasteiger partial charge in [-0.25, -0.2) is 0 Å². The third-order valence-electron chi connectivity index (χ3n) is 8.06. The summed E-state index contributed by atoms with van der Waals surface area (Å²) in [7, 11) is 0. The number of hydrogen-bond acceptors (Lipinski definition) is 2. The summed E-state index contributed by atoms with van der Waals surface area (Å²) in [5.74, 6) is 2.57. The highest BCUT2D eigenvalue weighted by Crippen LogP contribution is 2.60. The van der Waals surface area contributed by atoms with Crippen LogP contribution in [0.25, 0.3) is 0 Å². The van der Waals surface area contributed by atoms with Crippen LogP contribution in [0.15, 0.2) is 60.7 Å². The Morgan fingerprint density at radius 2 is 1.28 bits per heavy atom. The second-order valence-electron chi connectivity index (χ2n) is 10.4. The van der Waals surface area contributed by atoms with Gasteiger partial charge in [0.05, 0.1) is 0 Å². The third-order valence-corrected chi connectivity index (χ3v) is 8.06. The maximum absolute atomic E-state index is 13.1. The van der Waals surface area contributed by atoms with Crippen LogP contribution in [0.5, 0.6) is 0 Å². The SMILES string of the molecule is O=C(CCNC(=O)C12CC3CC(CC(C3)C1)C2)NCC(c1ccccc1)c1ccccc1. The van der Waals surface area contributed by atoms with Crippen LogP contribution < -0.4 is 10.6 Å². The fraction of sp³-hybridized carbons (Fsp3) is 0.500. The molecule has 0 heterocycles. The van der Waals surface area contributed by atoms with Gasteiger partial charge in [0, 0.05) is 30.8 Å². The van der Waals surface area contributed by atoms with E-state index in [1.807, 2.05) is 36.4 Å². The van der Waals surface area contributed by atoms with E-state index in [1.54, 1.807) is 0 Å². The van der Waals surface area contributed by atoms with Gasteiger partial charge in [0.15, 0.2) is 0 Å². The average molecular weight is 431 g/mol. The first-order valence-corrected chi connectivity index (χ1v) is 12.3. The van der Waals surface area contributed by atoms with Crippen molar-refractivity contribution < 1.29 is 9.59 Å². The highest BCUT2D eigenvalue weighted by molar-refractivity contribution is 5.84. The van der Waals surface area contributed by atoms with Crippen LogP contribution in [0, 0.1) is 23.2 Å². The summed E-state index contributed by atoms with van der Waals surface area (Å²) in [6.45, 7) is 0.976. The van der Waals surface area contributed by atoms with Gasteiger partial charge in [-0.05, 0) is 67.4 Å². The lowest BCUT2D eigenvalue weighted by Crippen LogP contribution is -2.53. The van der Waals surface area contributed by atoms with Gasteiger partial charge < -0.3 is 10.6 Å². The molecule has 4 fully saturated rings. The molecule has 0 aliphatic heterocycles. The molecule has 0 aromatic heterocycles. The molecule has 32 heavy (non-hydrogen) atoms. The Morgan fingerprint density at radius 3 is 1.78 bits per heavy atom. The molecular formula is C28H34N2O2. The summed E-state index contributed by atoms with van der Waals surface area (Å²) in [4.78, 5) is 25.6. The van der Waals surface area contributed by atoms with Crippen molar-refractivity contribution in [2.24, 2.45) is 23.2 Å². The number of amides is 2. The molecule has 6 rings (SSSR count). The van der Waals surface area contributed by atoms with Crippen molar-refractivity contribution in [2.45, 2.75) is 50.9 Å². The van der Waals surface area contributed by atoms with E-state index in [9.17, 15) is 9.59 Å². The van der Waals surface area contributed by atoms with Crippen molar-refractivity contribution in [2.75, 3.05) is 13.1 Å². The first-order chi connectivity index (χ1) is 15.6. The molecule has 2 aromatic carbocycles. The quantitative estimate of drug-likeness (QED) is 0.640. The number of hydrogen-bond donors (Lipinski definition) is 2. The largest absolute Gasteiger partial charge is 0.355 e. The Labute approximate surface area is 191 Å². The topological polar surface area (TPSA) is 58.2 Å². The Kier molecular flexibility index (Phi) is 6.03. The van der Waals surface area contributed by atoms with E-state index in [-0.39, 0.29) is 23.1 Å². The number of rotatable bonds is 8. The van der Waals surface area contributed by atoms with Gasteiger partial charge in [0.1, 0.15) is 0 Å². The molecule has 4 aliphatic rings. The lowest BCUT2D eigenvalue weighted by Gasteiger charge is -2.55. The van der Waals surface area contributed by atoms with Crippen molar-refractivity contribution in [1.82, 2.24) is 10.6 Å². The Bertz CT molecular complexity index is 866. The van der Waals surface area contributed by atoms with Gasteiger partial charge in [0.2, 0.25) is 11.8 Å². The zero-order chi connectivity index (χ0) is 22.0. The lowest BCUT2D eigenvalue weighted by molar-refractivity contribution is -0.146. The van der Waals surface area contributed by atoms with Gasteiger partial charge in [-0.3, -0.25) is 9.59 Å². The Morgan fingerprint density at radius 1 is 0.781 bits per heavy atom. The van der Waals surface area contributed by atoms with Crippen LogP contribution in [0.4, 0.5) is 0 Å². The zero-order valence-corrected chi connectivity index (χ0v) is 18.8. The predicted molar refractivity (Wildman–Crippen MR) is 126 cm³/mol. The molecule has 0 spiro atoms. The smallest absolute Gasteiger partial charge is 0.226 e. The molecule has 4 heteroatoms. The van der Waals surface area contributed by atoms with Crippen LogP contribution >= 0.6 is 0 Å². The molecular weight excluding hydrogens is 396 g/mol. The summed E-state index contributed by atoms with van der Waals surface area (Å²) >= 11 is 0. The molecule has 4 saturated carbocycles. The molecule has 2 N–H and O–H groups in total. The molecule has 0 saturated heterocycles. The minimum atomic E-state index is -0.142. The van der Waals surface area contributed by atoms with E-state index < -0.39 is 0 Å². The molecule has 4 bridgehead atoms. The van der Waals surface area contributed by atoms with Crippen molar-refractivity contribution in [3.05, 3.63) is 71.8 Å². The van der Waals surface area contributed by atoms with Crippen LogP contribution in [-0.2, 0) is 9.59 Å². The normalized spacial score (nSPS) is 28.0. The Hall–Kier alpha value is -2.62. The molecule has 4 nitrogen and oxygen atoms in total. The van der Waals surface area contributed by atoms with Crippen molar-refractivity contribution in [3.63, 3.8) is 0 Å². The number of nitrogens with one attached hydrogen (secondary N) is 2.